The van der Waals surface area contributed by atoms with Crippen molar-refractivity contribution in [2.24, 2.45) is 5.92 Å². The lowest BCUT2D eigenvalue weighted by Gasteiger charge is -2.32. The molecule has 0 aromatic carbocycles. The van der Waals surface area contributed by atoms with Gasteiger partial charge >= 0.3 is 0 Å². The molecule has 0 radical (unpaired) electrons. The van der Waals surface area contributed by atoms with E-state index in [1.165, 1.54) is 0 Å². The molecule has 6 nitrogen and oxygen atoms in total. The lowest BCUT2D eigenvalue weighted by molar-refractivity contribution is -0.126. The number of anilines is 1. The van der Waals surface area contributed by atoms with Crippen molar-refractivity contribution in [1.29, 1.82) is 0 Å². The maximum Gasteiger partial charge on any atom is 0.223 e. The van der Waals surface area contributed by atoms with Crippen molar-refractivity contribution in [2.75, 3.05) is 18.0 Å². The van der Waals surface area contributed by atoms with E-state index in [0.717, 1.165) is 37.4 Å². The molecule has 2 aromatic heterocycles. The molecule has 1 atom stereocenters. The fraction of sp³-hybridized carbons (Fsp3) is 0.412. The van der Waals surface area contributed by atoms with Gasteiger partial charge in [-0.1, -0.05) is 17.7 Å². The van der Waals surface area contributed by atoms with Gasteiger partial charge in [-0.25, -0.2) is 0 Å². The smallest absolute Gasteiger partial charge is 0.223 e. The van der Waals surface area contributed by atoms with E-state index in [9.17, 15) is 4.79 Å². The number of pyridine rings is 1. The summed E-state index contributed by atoms with van der Waals surface area (Å²) < 4.78 is 0. The first-order valence-electron chi connectivity index (χ1n) is 8.09. The van der Waals surface area contributed by atoms with E-state index in [0.29, 0.717) is 5.15 Å². The third kappa shape index (κ3) is 4.00. The van der Waals surface area contributed by atoms with E-state index >= 15 is 0 Å². The number of aromatic nitrogens is 3. The Bertz CT molecular complexity index is 671. The van der Waals surface area contributed by atoms with Gasteiger partial charge in [-0.3, -0.25) is 9.78 Å². The zero-order chi connectivity index (χ0) is 16.9. The Labute approximate surface area is 146 Å². The van der Waals surface area contributed by atoms with Crippen LogP contribution in [0.2, 0.25) is 5.15 Å². The molecule has 1 saturated heterocycles. The molecule has 1 amide bonds. The third-order valence-corrected chi connectivity index (χ3v) is 4.50. The van der Waals surface area contributed by atoms with Crippen molar-refractivity contribution < 1.29 is 4.79 Å². The summed E-state index contributed by atoms with van der Waals surface area (Å²) in [5, 5.41) is 11.4. The van der Waals surface area contributed by atoms with E-state index in [-0.39, 0.29) is 17.9 Å². The molecule has 0 saturated carbocycles. The van der Waals surface area contributed by atoms with Gasteiger partial charge < -0.3 is 10.2 Å². The average Bonchev–Trinajstić information content (AvgIpc) is 2.63. The van der Waals surface area contributed by atoms with Crippen LogP contribution in [0.5, 0.6) is 0 Å². The second-order valence-corrected chi connectivity index (χ2v) is 6.35. The van der Waals surface area contributed by atoms with E-state index in [1.54, 1.807) is 12.3 Å². The van der Waals surface area contributed by atoms with E-state index in [4.69, 9.17) is 11.6 Å². The van der Waals surface area contributed by atoms with Gasteiger partial charge in [-0.05, 0) is 44.0 Å². The number of nitrogens with one attached hydrogen (secondary N) is 1. The molecule has 24 heavy (non-hydrogen) atoms. The number of nitrogens with zero attached hydrogens (tertiary/aromatic N) is 4. The second-order valence-electron chi connectivity index (χ2n) is 5.96. The van der Waals surface area contributed by atoms with Crippen LogP contribution in [0, 0.1) is 5.92 Å². The molecule has 1 aliphatic rings. The van der Waals surface area contributed by atoms with Gasteiger partial charge in [-0.2, -0.15) is 0 Å². The molecule has 126 valence electrons. The maximum atomic E-state index is 12.5. The molecule has 3 heterocycles. The molecule has 7 heteroatoms. The number of piperidine rings is 1. The summed E-state index contributed by atoms with van der Waals surface area (Å²) in [6.45, 7) is 3.53. The minimum absolute atomic E-state index is 0.0210. The zero-order valence-corrected chi connectivity index (χ0v) is 14.3. The fourth-order valence-electron chi connectivity index (χ4n) is 2.89. The Morgan fingerprint density at radius 3 is 2.67 bits per heavy atom. The maximum absolute atomic E-state index is 12.5. The number of carbonyl (C=O) groups excluding carboxylic acids is 1. The summed E-state index contributed by atoms with van der Waals surface area (Å²) in [6, 6.07) is 9.23. The van der Waals surface area contributed by atoms with Gasteiger partial charge in [0, 0.05) is 25.2 Å². The Balaban J connectivity index is 1.52. The van der Waals surface area contributed by atoms with Crippen LogP contribution in [0.1, 0.15) is 31.5 Å². The number of carbonyl (C=O) groups is 1. The summed E-state index contributed by atoms with van der Waals surface area (Å²) in [4.78, 5) is 18.9. The first kappa shape index (κ1) is 16.6. The number of rotatable bonds is 4. The average molecular weight is 346 g/mol. The molecule has 0 aliphatic carbocycles. The fourth-order valence-corrected chi connectivity index (χ4v) is 2.99. The van der Waals surface area contributed by atoms with Crippen LogP contribution in [-0.2, 0) is 4.79 Å². The van der Waals surface area contributed by atoms with Crippen LogP contribution in [0.15, 0.2) is 36.5 Å². The second kappa shape index (κ2) is 7.57. The van der Waals surface area contributed by atoms with Crippen LogP contribution in [0.4, 0.5) is 5.82 Å². The summed E-state index contributed by atoms with van der Waals surface area (Å²) in [6.07, 6.45) is 3.33. The largest absolute Gasteiger partial charge is 0.355 e. The number of hydrogen-bond donors (Lipinski definition) is 1. The minimum Gasteiger partial charge on any atom is -0.355 e. The van der Waals surface area contributed by atoms with E-state index in [1.807, 2.05) is 31.2 Å². The highest BCUT2D eigenvalue weighted by atomic mass is 35.5. The number of amides is 1. The summed E-state index contributed by atoms with van der Waals surface area (Å²) in [7, 11) is 0. The van der Waals surface area contributed by atoms with Gasteiger partial charge in [0.25, 0.3) is 0 Å². The highest BCUT2D eigenvalue weighted by Crippen LogP contribution is 2.23. The van der Waals surface area contributed by atoms with Crippen LogP contribution < -0.4 is 10.2 Å². The quantitative estimate of drug-likeness (QED) is 0.922. The van der Waals surface area contributed by atoms with Crippen molar-refractivity contribution >= 4 is 23.3 Å². The van der Waals surface area contributed by atoms with Gasteiger partial charge in [0.15, 0.2) is 11.0 Å². The van der Waals surface area contributed by atoms with E-state index in [2.05, 4.69) is 25.4 Å². The molecule has 0 spiro atoms. The molecule has 1 unspecified atom stereocenters. The van der Waals surface area contributed by atoms with Crippen molar-refractivity contribution in [3.63, 3.8) is 0 Å². The van der Waals surface area contributed by atoms with Gasteiger partial charge in [0.05, 0.1) is 11.7 Å². The highest BCUT2D eigenvalue weighted by Gasteiger charge is 2.26. The van der Waals surface area contributed by atoms with Crippen LogP contribution >= 0.6 is 11.6 Å². The minimum atomic E-state index is -0.0844. The summed E-state index contributed by atoms with van der Waals surface area (Å²) in [5.41, 5.74) is 0.875. The molecule has 1 aliphatic heterocycles. The van der Waals surface area contributed by atoms with E-state index < -0.39 is 0 Å². The lowest BCUT2D eigenvalue weighted by atomic mass is 9.95. The highest BCUT2D eigenvalue weighted by molar-refractivity contribution is 6.29. The SMILES string of the molecule is CC(NC(=O)C1CCN(c2ccc(Cl)nn2)CC1)c1ccccn1. The van der Waals surface area contributed by atoms with Crippen LogP contribution in [-0.4, -0.2) is 34.2 Å². The summed E-state index contributed by atoms with van der Waals surface area (Å²) >= 11 is 5.76. The predicted molar refractivity (Wildman–Crippen MR) is 92.8 cm³/mol. The first-order valence-corrected chi connectivity index (χ1v) is 8.47. The molecule has 1 N–H and O–H groups in total. The van der Waals surface area contributed by atoms with Crippen molar-refractivity contribution in [2.45, 2.75) is 25.8 Å². The number of hydrogen-bond acceptors (Lipinski definition) is 5. The third-order valence-electron chi connectivity index (χ3n) is 4.30. The zero-order valence-electron chi connectivity index (χ0n) is 13.5. The molecule has 0 bridgehead atoms. The number of halogens is 1. The standard InChI is InChI=1S/C17H20ClN5O/c1-12(14-4-2-3-9-19-14)20-17(24)13-7-10-23(11-8-13)16-6-5-15(18)21-22-16/h2-6,9,12-13H,7-8,10-11H2,1H3,(H,20,24). The Hall–Kier alpha value is -2.21. The molecule has 3 rings (SSSR count). The Kier molecular flexibility index (Phi) is 5.25. The van der Waals surface area contributed by atoms with Crippen LogP contribution in [0.25, 0.3) is 0 Å². The van der Waals surface area contributed by atoms with Crippen molar-refractivity contribution in [3.05, 3.63) is 47.4 Å². The monoisotopic (exact) mass is 345 g/mol. The Morgan fingerprint density at radius 1 is 1.25 bits per heavy atom. The molecule has 2 aromatic rings. The van der Waals surface area contributed by atoms with Crippen molar-refractivity contribution in [1.82, 2.24) is 20.5 Å². The molecule has 1 fully saturated rings. The molecular weight excluding hydrogens is 326 g/mol. The van der Waals surface area contributed by atoms with Gasteiger partial charge in [-0.15, -0.1) is 10.2 Å². The molecular formula is C17H20ClN5O. The lowest BCUT2D eigenvalue weighted by Crippen LogP contribution is -2.41. The summed E-state index contributed by atoms with van der Waals surface area (Å²) in [5.74, 6) is 0.919. The topological polar surface area (TPSA) is 71.0 Å². The van der Waals surface area contributed by atoms with Crippen LogP contribution in [0.3, 0.4) is 0 Å². The normalized spacial score (nSPS) is 16.7. The first-order chi connectivity index (χ1) is 11.6. The van der Waals surface area contributed by atoms with Gasteiger partial charge in [0.1, 0.15) is 0 Å². The Morgan fingerprint density at radius 2 is 2.04 bits per heavy atom. The predicted octanol–water partition coefficient (Wildman–Crippen LogP) is 2.62. The van der Waals surface area contributed by atoms with Crippen molar-refractivity contribution in [3.8, 4) is 0 Å². The van der Waals surface area contributed by atoms with Gasteiger partial charge in [0.2, 0.25) is 5.91 Å².